The Morgan fingerprint density at radius 1 is 1.35 bits per heavy atom. The van der Waals surface area contributed by atoms with Gasteiger partial charge in [0.25, 0.3) is 0 Å². The molecule has 0 saturated carbocycles. The van der Waals surface area contributed by atoms with E-state index in [-0.39, 0.29) is 0 Å². The smallest absolute Gasteiger partial charge is 0.144 e. The fraction of sp³-hybridized carbons (Fsp3) is 0.667. The highest BCUT2D eigenvalue weighted by Gasteiger charge is 2.13. The molecule has 0 aliphatic carbocycles. The number of hydrogen-bond acceptors (Lipinski definition) is 4. The molecule has 0 radical (unpaired) electrons. The van der Waals surface area contributed by atoms with Gasteiger partial charge in [-0.1, -0.05) is 20.8 Å². The first-order valence-corrected chi connectivity index (χ1v) is 6.68. The first kappa shape index (κ1) is 14.4. The number of nitrogens with one attached hydrogen (secondary N) is 1. The molecule has 1 aromatic heterocycles. The van der Waals surface area contributed by atoms with Gasteiger partial charge in [0.15, 0.2) is 0 Å². The molecule has 0 bridgehead atoms. The summed E-state index contributed by atoms with van der Waals surface area (Å²) in [6.45, 7) is 7.69. The normalized spacial score (nSPS) is 10.9. The Balaban J connectivity index is 3.08. The van der Waals surface area contributed by atoms with Gasteiger partial charge in [-0.25, -0.2) is 9.97 Å². The first-order chi connectivity index (χ1) is 8.10. The van der Waals surface area contributed by atoms with Gasteiger partial charge < -0.3 is 10.1 Å². The minimum Gasteiger partial charge on any atom is -0.378 e. The van der Waals surface area contributed by atoms with E-state index in [1.54, 1.807) is 7.11 Å². The van der Waals surface area contributed by atoms with Crippen molar-refractivity contribution in [3.8, 4) is 0 Å². The highest BCUT2D eigenvalue weighted by Crippen LogP contribution is 2.26. The van der Waals surface area contributed by atoms with E-state index in [0.717, 1.165) is 34.8 Å². The van der Waals surface area contributed by atoms with Crippen molar-refractivity contribution in [2.45, 2.75) is 39.7 Å². The van der Waals surface area contributed by atoms with Crippen molar-refractivity contribution in [1.29, 1.82) is 0 Å². The molecule has 0 fully saturated rings. The summed E-state index contributed by atoms with van der Waals surface area (Å²) < 4.78 is 6.06. The lowest BCUT2D eigenvalue weighted by Gasteiger charge is -2.13. The molecule has 0 spiro atoms. The fourth-order valence-electron chi connectivity index (χ4n) is 1.36. The van der Waals surface area contributed by atoms with Crippen LogP contribution in [0.4, 0.5) is 5.82 Å². The van der Waals surface area contributed by atoms with Crippen LogP contribution in [0.25, 0.3) is 0 Å². The highest BCUT2D eigenvalue weighted by atomic mass is 79.9. The average molecular weight is 302 g/mol. The Morgan fingerprint density at radius 2 is 2.06 bits per heavy atom. The molecule has 0 saturated heterocycles. The number of methoxy groups -OCH3 is 1. The molecular weight excluding hydrogens is 282 g/mol. The van der Waals surface area contributed by atoms with Crippen LogP contribution in [0.3, 0.4) is 0 Å². The summed E-state index contributed by atoms with van der Waals surface area (Å²) in [7, 11) is 1.67. The third kappa shape index (κ3) is 3.92. The van der Waals surface area contributed by atoms with E-state index >= 15 is 0 Å². The van der Waals surface area contributed by atoms with E-state index in [2.05, 4.69) is 52.0 Å². The van der Waals surface area contributed by atoms with Gasteiger partial charge >= 0.3 is 0 Å². The van der Waals surface area contributed by atoms with Crippen LogP contribution in [0.5, 0.6) is 0 Å². The number of hydrogen-bond donors (Lipinski definition) is 1. The second-order valence-electron chi connectivity index (χ2n) is 4.21. The average Bonchev–Trinajstić information content (AvgIpc) is 2.30. The van der Waals surface area contributed by atoms with Crippen molar-refractivity contribution < 1.29 is 4.74 Å². The lowest BCUT2D eigenvalue weighted by molar-refractivity contribution is 0.180. The summed E-state index contributed by atoms with van der Waals surface area (Å²) in [6.07, 6.45) is 1.06. The quantitative estimate of drug-likeness (QED) is 0.875. The predicted octanol–water partition coefficient (Wildman–Crippen LogP) is 3.33. The number of nitrogens with zero attached hydrogens (tertiary/aromatic N) is 2. The summed E-state index contributed by atoms with van der Waals surface area (Å²) in [5.41, 5.74) is 0.893. The van der Waals surface area contributed by atoms with Gasteiger partial charge in [-0.3, -0.25) is 0 Å². The number of ether oxygens (including phenoxy) is 1. The van der Waals surface area contributed by atoms with Gasteiger partial charge in [-0.2, -0.15) is 0 Å². The van der Waals surface area contributed by atoms with Crippen LogP contribution < -0.4 is 5.32 Å². The summed E-state index contributed by atoms with van der Waals surface area (Å²) in [4.78, 5) is 9.03. The van der Waals surface area contributed by atoms with E-state index in [1.165, 1.54) is 0 Å². The standard InChI is InChI=1S/C12H20BrN3O/c1-5-6-14-12-10(13)9(7-17-4)15-11(16-12)8(2)3/h8H,5-7H2,1-4H3,(H,14,15,16). The third-order valence-electron chi connectivity index (χ3n) is 2.28. The highest BCUT2D eigenvalue weighted by molar-refractivity contribution is 9.10. The van der Waals surface area contributed by atoms with E-state index in [0.29, 0.717) is 12.5 Å². The Kier molecular flexibility index (Phi) is 5.85. The van der Waals surface area contributed by atoms with Gasteiger partial charge in [0.1, 0.15) is 11.6 Å². The summed E-state index contributed by atoms with van der Waals surface area (Å²) in [5, 5.41) is 3.30. The molecule has 0 atom stereocenters. The van der Waals surface area contributed by atoms with Crippen molar-refractivity contribution in [3.63, 3.8) is 0 Å². The van der Waals surface area contributed by atoms with Crippen molar-refractivity contribution in [1.82, 2.24) is 9.97 Å². The zero-order valence-electron chi connectivity index (χ0n) is 10.9. The molecule has 1 heterocycles. The second-order valence-corrected chi connectivity index (χ2v) is 5.00. The molecule has 96 valence electrons. The summed E-state index contributed by atoms with van der Waals surface area (Å²) in [6, 6.07) is 0. The molecule has 0 aliphatic rings. The van der Waals surface area contributed by atoms with Crippen molar-refractivity contribution in [2.24, 2.45) is 0 Å². The topological polar surface area (TPSA) is 47.0 Å². The lowest BCUT2D eigenvalue weighted by atomic mass is 10.2. The monoisotopic (exact) mass is 301 g/mol. The summed E-state index contributed by atoms with van der Waals surface area (Å²) in [5.74, 6) is 2.01. The lowest BCUT2D eigenvalue weighted by Crippen LogP contribution is -2.10. The van der Waals surface area contributed by atoms with E-state index < -0.39 is 0 Å². The minimum absolute atomic E-state index is 0.306. The zero-order chi connectivity index (χ0) is 12.8. The number of halogens is 1. The molecular formula is C12H20BrN3O. The fourth-order valence-corrected chi connectivity index (χ4v) is 1.80. The number of rotatable bonds is 6. The molecule has 17 heavy (non-hydrogen) atoms. The van der Waals surface area contributed by atoms with Gasteiger partial charge in [0, 0.05) is 19.6 Å². The predicted molar refractivity (Wildman–Crippen MR) is 73.3 cm³/mol. The zero-order valence-corrected chi connectivity index (χ0v) is 12.5. The largest absolute Gasteiger partial charge is 0.378 e. The minimum atomic E-state index is 0.306. The molecule has 1 aromatic rings. The van der Waals surface area contributed by atoms with Crippen LogP contribution in [-0.2, 0) is 11.3 Å². The van der Waals surface area contributed by atoms with Crippen LogP contribution in [0.15, 0.2) is 4.47 Å². The van der Waals surface area contributed by atoms with Crippen LogP contribution in [0.1, 0.15) is 44.6 Å². The van der Waals surface area contributed by atoms with Gasteiger partial charge in [0.2, 0.25) is 0 Å². The molecule has 4 nitrogen and oxygen atoms in total. The Morgan fingerprint density at radius 3 is 2.59 bits per heavy atom. The third-order valence-corrected chi connectivity index (χ3v) is 3.11. The molecule has 1 N–H and O–H groups in total. The van der Waals surface area contributed by atoms with Crippen molar-refractivity contribution in [2.75, 3.05) is 19.0 Å². The SMILES string of the molecule is CCCNc1nc(C(C)C)nc(COC)c1Br. The van der Waals surface area contributed by atoms with Crippen LogP contribution in [0, 0.1) is 0 Å². The van der Waals surface area contributed by atoms with Crippen molar-refractivity contribution in [3.05, 3.63) is 16.0 Å². The number of anilines is 1. The molecule has 0 aliphatic heterocycles. The van der Waals surface area contributed by atoms with Crippen LogP contribution in [0.2, 0.25) is 0 Å². The molecule has 0 amide bonds. The van der Waals surface area contributed by atoms with E-state index in [4.69, 9.17) is 4.74 Å². The van der Waals surface area contributed by atoms with E-state index in [9.17, 15) is 0 Å². The first-order valence-electron chi connectivity index (χ1n) is 5.89. The van der Waals surface area contributed by atoms with Gasteiger partial charge in [-0.05, 0) is 22.4 Å². The van der Waals surface area contributed by atoms with Crippen molar-refractivity contribution >= 4 is 21.7 Å². The Hall–Kier alpha value is -0.680. The Bertz CT molecular complexity index is 369. The molecule has 5 heteroatoms. The second kappa shape index (κ2) is 6.91. The van der Waals surface area contributed by atoms with Gasteiger partial charge in [0.05, 0.1) is 16.8 Å². The summed E-state index contributed by atoms with van der Waals surface area (Å²) >= 11 is 3.53. The molecule has 0 unspecified atom stereocenters. The number of aromatic nitrogens is 2. The molecule has 1 rings (SSSR count). The van der Waals surface area contributed by atoms with Gasteiger partial charge in [-0.15, -0.1) is 0 Å². The maximum atomic E-state index is 5.15. The van der Waals surface area contributed by atoms with Crippen LogP contribution in [-0.4, -0.2) is 23.6 Å². The molecule has 0 aromatic carbocycles. The maximum absolute atomic E-state index is 5.15. The van der Waals surface area contributed by atoms with Crippen LogP contribution >= 0.6 is 15.9 Å². The van der Waals surface area contributed by atoms with E-state index in [1.807, 2.05) is 0 Å². The Labute approximate surface area is 111 Å². The maximum Gasteiger partial charge on any atom is 0.144 e.